The molecular formula is C19H23NO. The van der Waals surface area contributed by atoms with E-state index >= 15 is 0 Å². The van der Waals surface area contributed by atoms with Crippen LogP contribution >= 0.6 is 0 Å². The number of aliphatic hydroxyl groups excluding tert-OH is 1. The van der Waals surface area contributed by atoms with Gasteiger partial charge in [0, 0.05) is 0 Å². The van der Waals surface area contributed by atoms with E-state index in [4.69, 9.17) is 5.73 Å². The first-order valence-electron chi connectivity index (χ1n) is 7.52. The van der Waals surface area contributed by atoms with Crippen molar-refractivity contribution in [1.29, 1.82) is 0 Å². The molecule has 0 amide bonds. The quantitative estimate of drug-likeness (QED) is 0.753. The van der Waals surface area contributed by atoms with Crippen LogP contribution in [0.15, 0.2) is 42.5 Å². The molecule has 0 radical (unpaired) electrons. The summed E-state index contributed by atoms with van der Waals surface area (Å²) >= 11 is 0. The van der Waals surface area contributed by atoms with Gasteiger partial charge in [0.2, 0.25) is 0 Å². The summed E-state index contributed by atoms with van der Waals surface area (Å²) in [5.74, 6) is 0. The molecule has 2 heteroatoms. The third-order valence-corrected chi connectivity index (χ3v) is 4.43. The van der Waals surface area contributed by atoms with Gasteiger partial charge < -0.3 is 10.8 Å². The fraction of sp³-hybridized carbons (Fsp3) is 0.368. The average molecular weight is 281 g/mol. The van der Waals surface area contributed by atoms with Crippen LogP contribution < -0.4 is 5.73 Å². The Hall–Kier alpha value is -1.64. The van der Waals surface area contributed by atoms with E-state index in [9.17, 15) is 5.11 Å². The fourth-order valence-corrected chi connectivity index (χ4v) is 3.09. The lowest BCUT2D eigenvalue weighted by atomic mass is 9.82. The maximum atomic E-state index is 10.4. The second-order valence-corrected chi connectivity index (χ2v) is 7.09. The van der Waals surface area contributed by atoms with Gasteiger partial charge >= 0.3 is 0 Å². The van der Waals surface area contributed by atoms with Gasteiger partial charge in [-0.3, -0.25) is 0 Å². The molecule has 2 nitrogen and oxygen atoms in total. The van der Waals surface area contributed by atoms with Gasteiger partial charge in [0.25, 0.3) is 0 Å². The van der Waals surface area contributed by atoms with Gasteiger partial charge in [-0.25, -0.2) is 0 Å². The van der Waals surface area contributed by atoms with Crippen molar-refractivity contribution in [3.05, 3.63) is 59.2 Å². The van der Waals surface area contributed by atoms with Gasteiger partial charge in [-0.05, 0) is 39.7 Å². The number of fused-ring (bicyclic) bond motifs is 3. The van der Waals surface area contributed by atoms with Crippen LogP contribution in [0.2, 0.25) is 0 Å². The van der Waals surface area contributed by atoms with E-state index in [1.807, 2.05) is 20.8 Å². The van der Waals surface area contributed by atoms with E-state index in [2.05, 4.69) is 42.5 Å². The summed E-state index contributed by atoms with van der Waals surface area (Å²) in [7, 11) is 0. The maximum absolute atomic E-state index is 10.4. The Kier molecular flexibility index (Phi) is 3.39. The fourth-order valence-electron chi connectivity index (χ4n) is 3.09. The zero-order valence-electron chi connectivity index (χ0n) is 12.9. The monoisotopic (exact) mass is 281 g/mol. The number of benzene rings is 2. The van der Waals surface area contributed by atoms with Crippen LogP contribution in [0.1, 0.15) is 43.5 Å². The molecule has 0 heterocycles. The highest BCUT2D eigenvalue weighted by Gasteiger charge is 2.30. The van der Waals surface area contributed by atoms with Gasteiger partial charge in [0.05, 0.1) is 12.1 Å². The first-order chi connectivity index (χ1) is 9.88. The minimum atomic E-state index is -0.556. The Morgan fingerprint density at radius 3 is 2.38 bits per heavy atom. The first kappa shape index (κ1) is 14.3. The van der Waals surface area contributed by atoms with Gasteiger partial charge in [0.1, 0.15) is 0 Å². The normalized spacial score (nSPS) is 16.2. The predicted octanol–water partition coefficient (Wildman–Crippen LogP) is 3.66. The second-order valence-electron chi connectivity index (χ2n) is 7.09. The highest BCUT2D eigenvalue weighted by atomic mass is 16.3. The summed E-state index contributed by atoms with van der Waals surface area (Å²) < 4.78 is 0. The summed E-state index contributed by atoms with van der Waals surface area (Å²) in [6.45, 7) is 6.04. The molecule has 3 rings (SSSR count). The molecule has 110 valence electrons. The number of nitrogens with two attached hydrogens (primary N) is 1. The lowest BCUT2D eigenvalue weighted by Crippen LogP contribution is -2.37. The lowest BCUT2D eigenvalue weighted by molar-refractivity contribution is 0.0401. The second kappa shape index (κ2) is 4.97. The van der Waals surface area contributed by atoms with Gasteiger partial charge in [-0.15, -0.1) is 0 Å². The van der Waals surface area contributed by atoms with Crippen LogP contribution in [0.4, 0.5) is 0 Å². The minimum Gasteiger partial charge on any atom is -0.391 e. The van der Waals surface area contributed by atoms with Crippen molar-refractivity contribution in [3.8, 4) is 11.1 Å². The van der Waals surface area contributed by atoms with Crippen molar-refractivity contribution in [2.45, 2.75) is 39.3 Å². The highest BCUT2D eigenvalue weighted by molar-refractivity contribution is 5.77. The van der Waals surface area contributed by atoms with E-state index in [1.165, 1.54) is 22.3 Å². The van der Waals surface area contributed by atoms with Crippen LogP contribution in [-0.4, -0.2) is 11.2 Å². The molecule has 0 aromatic heterocycles. The van der Waals surface area contributed by atoms with Crippen molar-refractivity contribution in [2.75, 3.05) is 0 Å². The van der Waals surface area contributed by atoms with Gasteiger partial charge in [-0.2, -0.15) is 0 Å². The minimum absolute atomic E-state index is 0.221. The van der Waals surface area contributed by atoms with E-state index in [0.717, 1.165) is 12.0 Å². The van der Waals surface area contributed by atoms with Gasteiger partial charge in [0.15, 0.2) is 0 Å². The largest absolute Gasteiger partial charge is 0.391 e. The lowest BCUT2D eigenvalue weighted by Gasteiger charge is -2.31. The summed E-state index contributed by atoms with van der Waals surface area (Å²) in [6, 6.07) is 14.5. The van der Waals surface area contributed by atoms with Crippen molar-refractivity contribution < 1.29 is 5.11 Å². The smallest absolute Gasteiger partial charge is 0.0780 e. The zero-order valence-corrected chi connectivity index (χ0v) is 12.9. The predicted molar refractivity (Wildman–Crippen MR) is 87.1 cm³/mol. The average Bonchev–Trinajstić information content (AvgIpc) is 2.82. The van der Waals surface area contributed by atoms with E-state index < -0.39 is 6.10 Å². The van der Waals surface area contributed by atoms with Crippen molar-refractivity contribution in [3.63, 3.8) is 0 Å². The Labute approximate surface area is 126 Å². The Morgan fingerprint density at radius 1 is 1.00 bits per heavy atom. The molecular weight excluding hydrogens is 258 g/mol. The molecule has 21 heavy (non-hydrogen) atoms. The zero-order chi connectivity index (χ0) is 15.2. The maximum Gasteiger partial charge on any atom is 0.0780 e. The molecule has 3 N–H and O–H groups in total. The number of aliphatic hydroxyl groups is 1. The van der Waals surface area contributed by atoms with Crippen LogP contribution in [0.5, 0.6) is 0 Å². The first-order valence-corrected chi connectivity index (χ1v) is 7.52. The molecule has 0 aliphatic heterocycles. The summed E-state index contributed by atoms with van der Waals surface area (Å²) in [4.78, 5) is 0. The van der Waals surface area contributed by atoms with Crippen molar-refractivity contribution in [2.24, 2.45) is 11.1 Å². The number of rotatable bonds is 2. The van der Waals surface area contributed by atoms with Crippen LogP contribution in [-0.2, 0) is 6.42 Å². The number of hydrogen-bond donors (Lipinski definition) is 2. The van der Waals surface area contributed by atoms with Crippen LogP contribution in [0.3, 0.4) is 0 Å². The summed E-state index contributed by atoms with van der Waals surface area (Å²) in [6.07, 6.45) is 0.400. The molecule has 2 aromatic carbocycles. The Balaban J connectivity index is 1.94. The third kappa shape index (κ3) is 2.50. The third-order valence-electron chi connectivity index (χ3n) is 4.43. The van der Waals surface area contributed by atoms with E-state index in [1.54, 1.807) is 0 Å². The molecule has 2 atom stereocenters. The molecule has 0 unspecified atom stereocenters. The number of hydrogen-bond acceptors (Lipinski definition) is 2. The van der Waals surface area contributed by atoms with Crippen LogP contribution in [0, 0.1) is 5.41 Å². The molecule has 0 saturated heterocycles. The van der Waals surface area contributed by atoms with Gasteiger partial charge in [-0.1, -0.05) is 63.2 Å². The molecule has 0 fully saturated rings. The molecule has 0 bridgehead atoms. The SMILES string of the molecule is CC(C)(C)[C@H](O)[C@H](N)c1ccc2c(c1)Cc1ccccc1-2. The van der Waals surface area contributed by atoms with Crippen molar-refractivity contribution in [1.82, 2.24) is 0 Å². The van der Waals surface area contributed by atoms with E-state index in [-0.39, 0.29) is 11.5 Å². The molecule has 1 aliphatic rings. The van der Waals surface area contributed by atoms with E-state index in [0.29, 0.717) is 0 Å². The summed E-state index contributed by atoms with van der Waals surface area (Å²) in [5.41, 5.74) is 12.4. The van der Waals surface area contributed by atoms with Crippen LogP contribution in [0.25, 0.3) is 11.1 Å². The molecule has 1 aliphatic carbocycles. The summed E-state index contributed by atoms with van der Waals surface area (Å²) in [5, 5.41) is 10.4. The molecule has 0 saturated carbocycles. The van der Waals surface area contributed by atoms with Crippen molar-refractivity contribution >= 4 is 0 Å². The Morgan fingerprint density at radius 2 is 1.67 bits per heavy atom. The Bertz CT molecular complexity index is 670. The topological polar surface area (TPSA) is 46.2 Å². The molecule has 2 aromatic rings. The highest BCUT2D eigenvalue weighted by Crippen LogP contribution is 2.38. The molecule has 0 spiro atoms. The standard InChI is InChI=1S/C19H23NO/c1-19(2,3)18(21)17(20)13-8-9-16-14(11-13)10-12-6-4-5-7-15(12)16/h4-9,11,17-18,21H,10,20H2,1-3H3/t17-,18-/m1/s1.